The second-order valence-corrected chi connectivity index (χ2v) is 9.00. The minimum absolute atomic E-state index is 0.0446. The molecule has 0 unspecified atom stereocenters. The first-order valence-corrected chi connectivity index (χ1v) is 11.5. The Kier molecular flexibility index (Phi) is 5.71. The molecule has 4 rings (SSSR count). The number of aromatic nitrogens is 2. The van der Waals surface area contributed by atoms with Gasteiger partial charge in [-0.05, 0) is 44.6 Å². The number of carbonyl (C=O) groups is 1. The monoisotopic (exact) mass is 401 g/mol. The van der Waals surface area contributed by atoms with E-state index in [1.165, 1.54) is 39.9 Å². The van der Waals surface area contributed by atoms with Gasteiger partial charge in [0.1, 0.15) is 16.5 Å². The highest BCUT2D eigenvalue weighted by Gasteiger charge is 2.27. The van der Waals surface area contributed by atoms with Crippen molar-refractivity contribution in [2.75, 3.05) is 37.6 Å². The zero-order valence-electron chi connectivity index (χ0n) is 17.3. The third-order valence-electron chi connectivity index (χ3n) is 6.06. The number of nitrogens with zero attached hydrogens (tertiary/aromatic N) is 4. The molecule has 0 spiro atoms. The Morgan fingerprint density at radius 1 is 1.14 bits per heavy atom. The van der Waals surface area contributed by atoms with Crippen LogP contribution in [-0.4, -0.2) is 53.6 Å². The molecule has 2 aromatic rings. The van der Waals surface area contributed by atoms with Crippen LogP contribution >= 0.6 is 11.3 Å². The van der Waals surface area contributed by atoms with Crippen molar-refractivity contribution in [2.24, 2.45) is 0 Å². The van der Waals surface area contributed by atoms with E-state index in [1.54, 1.807) is 0 Å². The Bertz CT molecular complexity index is 856. The van der Waals surface area contributed by atoms with Crippen LogP contribution in [0.25, 0.3) is 10.2 Å². The molecule has 0 saturated carbocycles. The van der Waals surface area contributed by atoms with Gasteiger partial charge in [-0.3, -0.25) is 0 Å². The van der Waals surface area contributed by atoms with Crippen LogP contribution in [0.3, 0.4) is 0 Å². The molecule has 2 aromatic heterocycles. The molecule has 6 nitrogen and oxygen atoms in total. The lowest BCUT2D eigenvalue weighted by Gasteiger charge is -2.36. The molecule has 0 aromatic carbocycles. The molecule has 28 heavy (non-hydrogen) atoms. The number of carbonyl (C=O) groups excluding carboxylic acids is 1. The van der Waals surface area contributed by atoms with Crippen molar-refractivity contribution in [2.45, 2.75) is 58.8 Å². The largest absolute Gasteiger partial charge is 0.352 e. The van der Waals surface area contributed by atoms with Crippen molar-refractivity contribution >= 4 is 33.4 Å². The van der Waals surface area contributed by atoms with E-state index in [2.05, 4.69) is 24.1 Å². The molecular weight excluding hydrogens is 370 g/mol. The zero-order chi connectivity index (χ0) is 19.7. The van der Waals surface area contributed by atoms with Crippen molar-refractivity contribution in [3.8, 4) is 0 Å². The summed E-state index contributed by atoms with van der Waals surface area (Å²) >= 11 is 1.88. The van der Waals surface area contributed by atoms with Crippen molar-refractivity contribution in [1.29, 1.82) is 0 Å². The Hall–Kier alpha value is -1.89. The van der Waals surface area contributed by atoms with E-state index in [-0.39, 0.29) is 6.03 Å². The Balaban J connectivity index is 1.69. The summed E-state index contributed by atoms with van der Waals surface area (Å²) in [4.78, 5) is 29.2. The van der Waals surface area contributed by atoms with Crippen LogP contribution in [0.1, 0.15) is 62.2 Å². The molecule has 1 N–H and O–H groups in total. The number of nitrogens with one attached hydrogen (secondary N) is 1. The van der Waals surface area contributed by atoms with E-state index in [0.717, 1.165) is 50.7 Å². The molecule has 0 radical (unpaired) electrons. The molecular formula is C21H31N5OS. The quantitative estimate of drug-likeness (QED) is 0.843. The Labute approximate surface area is 171 Å². The summed E-state index contributed by atoms with van der Waals surface area (Å²) in [6.45, 7) is 10.2. The lowest BCUT2D eigenvalue weighted by molar-refractivity contribution is 0.195. The first-order valence-electron chi connectivity index (χ1n) is 10.7. The third kappa shape index (κ3) is 3.56. The standard InChI is InChI=1S/C21H31N5OS/c1-4-14(3)18-23-19(25-10-12-26(13-11-25)21(27)22-5-2)17-15-8-6-7-9-16(15)28-20(17)24-18/h14H,4-13H2,1-3H3,(H,22,27)/t14-/m0/s1. The highest BCUT2D eigenvalue weighted by Crippen LogP contribution is 2.40. The SMILES string of the molecule is CCNC(=O)N1CCN(c2nc([C@@H](C)CC)nc3sc4c(c23)CCCC4)CC1. The molecule has 7 heteroatoms. The van der Waals surface area contributed by atoms with Gasteiger partial charge in [0.25, 0.3) is 0 Å². The van der Waals surface area contributed by atoms with Crippen LogP contribution in [0.2, 0.25) is 0 Å². The molecule has 1 fully saturated rings. The number of urea groups is 1. The Morgan fingerprint density at radius 2 is 1.89 bits per heavy atom. The summed E-state index contributed by atoms with van der Waals surface area (Å²) in [5.74, 6) is 2.43. The second kappa shape index (κ2) is 8.23. The molecule has 152 valence electrons. The smallest absolute Gasteiger partial charge is 0.317 e. The van der Waals surface area contributed by atoms with Gasteiger partial charge in [-0.2, -0.15) is 0 Å². The number of amides is 2. The van der Waals surface area contributed by atoms with Crippen LogP contribution in [0.5, 0.6) is 0 Å². The predicted octanol–water partition coefficient (Wildman–Crippen LogP) is 3.94. The summed E-state index contributed by atoms with van der Waals surface area (Å²) in [7, 11) is 0. The highest BCUT2D eigenvalue weighted by molar-refractivity contribution is 7.19. The fourth-order valence-corrected chi connectivity index (χ4v) is 5.43. The number of hydrogen-bond acceptors (Lipinski definition) is 5. The maximum absolute atomic E-state index is 12.2. The van der Waals surface area contributed by atoms with Crippen molar-refractivity contribution in [3.05, 3.63) is 16.3 Å². The van der Waals surface area contributed by atoms with E-state index in [4.69, 9.17) is 9.97 Å². The first kappa shape index (κ1) is 19.4. The highest BCUT2D eigenvalue weighted by atomic mass is 32.1. The lowest BCUT2D eigenvalue weighted by Crippen LogP contribution is -2.52. The van der Waals surface area contributed by atoms with Crippen LogP contribution in [0, 0.1) is 0 Å². The maximum Gasteiger partial charge on any atom is 0.317 e. The van der Waals surface area contributed by atoms with E-state index in [9.17, 15) is 4.79 Å². The number of aryl methyl sites for hydroxylation is 2. The fraction of sp³-hybridized carbons (Fsp3) is 0.667. The van der Waals surface area contributed by atoms with Gasteiger partial charge in [0, 0.05) is 43.5 Å². The van der Waals surface area contributed by atoms with Gasteiger partial charge in [-0.1, -0.05) is 13.8 Å². The van der Waals surface area contributed by atoms with Crippen molar-refractivity contribution in [3.63, 3.8) is 0 Å². The molecule has 0 bridgehead atoms. The minimum Gasteiger partial charge on any atom is -0.352 e. The van der Waals surface area contributed by atoms with Gasteiger partial charge < -0.3 is 15.1 Å². The van der Waals surface area contributed by atoms with Gasteiger partial charge >= 0.3 is 6.03 Å². The summed E-state index contributed by atoms with van der Waals surface area (Å²) < 4.78 is 0. The predicted molar refractivity (Wildman–Crippen MR) is 116 cm³/mol. The molecule has 1 aliphatic carbocycles. The number of thiophene rings is 1. The summed E-state index contributed by atoms with van der Waals surface area (Å²) in [6.07, 6.45) is 5.91. The van der Waals surface area contributed by atoms with Crippen LogP contribution in [-0.2, 0) is 12.8 Å². The van der Waals surface area contributed by atoms with Crippen LogP contribution in [0.15, 0.2) is 0 Å². The normalized spacial score (nSPS) is 18.2. The topological polar surface area (TPSA) is 61.4 Å². The molecule has 2 amide bonds. The first-order chi connectivity index (χ1) is 13.6. The molecule has 1 aliphatic heterocycles. The number of piperazine rings is 1. The van der Waals surface area contributed by atoms with E-state index in [0.29, 0.717) is 12.5 Å². The number of anilines is 1. The number of fused-ring (bicyclic) bond motifs is 3. The second-order valence-electron chi connectivity index (χ2n) is 7.92. The van der Waals surface area contributed by atoms with Crippen LogP contribution in [0.4, 0.5) is 10.6 Å². The van der Waals surface area contributed by atoms with E-state index in [1.807, 2.05) is 23.2 Å². The van der Waals surface area contributed by atoms with Gasteiger partial charge in [0.05, 0.1) is 5.39 Å². The molecule has 1 saturated heterocycles. The average molecular weight is 402 g/mol. The summed E-state index contributed by atoms with van der Waals surface area (Å²) in [5, 5.41) is 4.20. The van der Waals surface area contributed by atoms with Gasteiger partial charge in [-0.25, -0.2) is 14.8 Å². The number of hydrogen-bond donors (Lipinski definition) is 1. The summed E-state index contributed by atoms with van der Waals surface area (Å²) in [6, 6.07) is 0.0446. The van der Waals surface area contributed by atoms with Crippen LogP contribution < -0.4 is 10.2 Å². The van der Waals surface area contributed by atoms with Crippen molar-refractivity contribution in [1.82, 2.24) is 20.2 Å². The molecule has 1 atom stereocenters. The lowest BCUT2D eigenvalue weighted by atomic mass is 9.96. The van der Waals surface area contributed by atoms with Gasteiger partial charge in [0.2, 0.25) is 0 Å². The van der Waals surface area contributed by atoms with Gasteiger partial charge in [0.15, 0.2) is 0 Å². The summed E-state index contributed by atoms with van der Waals surface area (Å²) in [5.41, 5.74) is 1.49. The van der Waals surface area contributed by atoms with Gasteiger partial charge in [-0.15, -0.1) is 11.3 Å². The van der Waals surface area contributed by atoms with E-state index >= 15 is 0 Å². The zero-order valence-corrected chi connectivity index (χ0v) is 18.1. The minimum atomic E-state index is 0.0446. The average Bonchev–Trinajstić information content (AvgIpc) is 3.11. The Morgan fingerprint density at radius 3 is 2.61 bits per heavy atom. The molecule has 3 heterocycles. The molecule has 2 aliphatic rings. The maximum atomic E-state index is 12.2. The number of rotatable bonds is 4. The van der Waals surface area contributed by atoms with E-state index < -0.39 is 0 Å². The van der Waals surface area contributed by atoms with Crippen molar-refractivity contribution < 1.29 is 4.79 Å². The fourth-order valence-electron chi connectivity index (χ4n) is 4.17. The third-order valence-corrected chi connectivity index (χ3v) is 7.25.